The first-order valence-electron chi connectivity index (χ1n) is 10.5. The van der Waals surface area contributed by atoms with Gasteiger partial charge in [-0.25, -0.2) is 4.79 Å². The van der Waals surface area contributed by atoms with Crippen molar-refractivity contribution in [1.29, 1.82) is 5.26 Å². The Bertz CT molecular complexity index is 1100. The molecule has 0 aliphatic rings. The summed E-state index contributed by atoms with van der Waals surface area (Å²) < 4.78 is 53.1. The Hall–Kier alpha value is -3.48. The Balaban J connectivity index is 2.48. The molecule has 1 unspecified atom stereocenters. The molecule has 0 aliphatic carbocycles. The van der Waals surface area contributed by atoms with E-state index in [0.717, 1.165) is 11.1 Å². The summed E-state index contributed by atoms with van der Waals surface area (Å²) in [7, 11) is 1.67. The van der Waals surface area contributed by atoms with E-state index in [1.165, 1.54) is 11.6 Å². The Morgan fingerprint density at radius 3 is 2.18 bits per heavy atom. The average molecular weight is 479 g/mol. The normalized spacial score (nSPS) is 13.6. The molecule has 0 aliphatic heterocycles. The molecule has 0 amide bonds. The van der Waals surface area contributed by atoms with Gasteiger partial charge in [0.25, 0.3) is 0 Å². The lowest BCUT2D eigenvalue weighted by atomic mass is 9.86. The second-order valence-electron chi connectivity index (χ2n) is 8.78. The number of carbonyl (C=O) groups excluding carboxylic acids is 1. The number of hydrogen-bond acceptors (Lipinski definition) is 6. The van der Waals surface area contributed by atoms with E-state index in [1.54, 1.807) is 33.0 Å². The number of aromatic nitrogens is 2. The third-order valence-electron chi connectivity index (χ3n) is 5.01. The molecule has 0 spiro atoms. The number of alkyl halides is 3. The van der Waals surface area contributed by atoms with Gasteiger partial charge in [-0.05, 0) is 30.4 Å². The van der Waals surface area contributed by atoms with Crippen LogP contribution in [0.3, 0.4) is 0 Å². The summed E-state index contributed by atoms with van der Waals surface area (Å²) in [6, 6.07) is 9.51. The molecule has 184 valence electrons. The maximum absolute atomic E-state index is 12.3. The second kappa shape index (κ2) is 10.2. The van der Waals surface area contributed by atoms with Crippen LogP contribution in [-0.2, 0) is 26.7 Å². The van der Waals surface area contributed by atoms with Crippen molar-refractivity contribution in [3.8, 4) is 6.07 Å². The number of ether oxygens (including phenoxy) is 3. The summed E-state index contributed by atoms with van der Waals surface area (Å²) in [5.74, 6) is 0.0720. The number of carbonyl (C=O) groups is 1. The smallest absolute Gasteiger partial charge is 0.451 e. The van der Waals surface area contributed by atoms with Gasteiger partial charge in [0.05, 0.1) is 5.69 Å². The minimum Gasteiger partial charge on any atom is -0.451 e. The zero-order chi connectivity index (χ0) is 25.8. The highest BCUT2D eigenvalue weighted by molar-refractivity contribution is 5.94. The van der Waals surface area contributed by atoms with Crippen molar-refractivity contribution in [3.05, 3.63) is 52.3 Å². The first-order chi connectivity index (χ1) is 15.6. The van der Waals surface area contributed by atoms with Gasteiger partial charge in [0.15, 0.2) is 12.4 Å². The molecule has 2 aromatic rings. The van der Waals surface area contributed by atoms with Gasteiger partial charge in [-0.1, -0.05) is 45.0 Å². The Morgan fingerprint density at radius 2 is 1.74 bits per heavy atom. The van der Waals surface area contributed by atoms with Crippen LogP contribution in [0.25, 0.3) is 11.3 Å². The number of allylic oxidation sites excluding steroid dienone is 1. The lowest BCUT2D eigenvalue weighted by molar-refractivity contribution is -0.171. The van der Waals surface area contributed by atoms with E-state index in [2.05, 4.69) is 36.7 Å². The maximum atomic E-state index is 12.3. The number of rotatable bonds is 6. The van der Waals surface area contributed by atoms with Crippen LogP contribution in [0.4, 0.5) is 18.0 Å². The Labute approximate surface area is 196 Å². The third-order valence-corrected chi connectivity index (χ3v) is 5.01. The molecular weight excluding hydrogens is 451 g/mol. The van der Waals surface area contributed by atoms with Crippen molar-refractivity contribution in [2.45, 2.75) is 59.4 Å². The molecule has 1 heterocycles. The molecule has 7 nitrogen and oxygen atoms in total. The maximum Gasteiger partial charge on any atom is 0.511 e. The van der Waals surface area contributed by atoms with Crippen molar-refractivity contribution in [1.82, 2.24) is 9.78 Å². The van der Waals surface area contributed by atoms with E-state index in [4.69, 9.17) is 9.47 Å². The van der Waals surface area contributed by atoms with Gasteiger partial charge in [-0.3, -0.25) is 4.68 Å². The molecule has 34 heavy (non-hydrogen) atoms. The molecule has 2 rings (SSSR count). The van der Waals surface area contributed by atoms with E-state index in [0.29, 0.717) is 17.0 Å². The molecule has 1 aromatic carbocycles. The number of hydrogen-bond donors (Lipinski definition) is 0. The first kappa shape index (κ1) is 26.8. The fourth-order valence-corrected chi connectivity index (χ4v) is 3.20. The van der Waals surface area contributed by atoms with Gasteiger partial charge < -0.3 is 14.2 Å². The van der Waals surface area contributed by atoms with Crippen molar-refractivity contribution < 1.29 is 32.2 Å². The van der Waals surface area contributed by atoms with Crippen molar-refractivity contribution >= 4 is 17.5 Å². The lowest BCUT2D eigenvalue weighted by Gasteiger charge is -2.21. The summed E-state index contributed by atoms with van der Waals surface area (Å²) in [6.45, 7) is 9.30. The van der Waals surface area contributed by atoms with Gasteiger partial charge >= 0.3 is 12.3 Å². The summed E-state index contributed by atoms with van der Waals surface area (Å²) in [5.41, 5.74) is 3.55. The van der Waals surface area contributed by atoms with Gasteiger partial charge in [0.1, 0.15) is 17.3 Å². The van der Waals surface area contributed by atoms with Crippen molar-refractivity contribution in [2.24, 2.45) is 7.05 Å². The fourth-order valence-electron chi connectivity index (χ4n) is 3.20. The molecule has 0 saturated carbocycles. The lowest BCUT2D eigenvalue weighted by Crippen LogP contribution is -2.24. The number of nitrogens with zero attached hydrogens (tertiary/aromatic N) is 3. The fraction of sp³-hybridized carbons (Fsp3) is 0.458. The number of nitriles is 1. The topological polar surface area (TPSA) is 86.4 Å². The molecule has 0 saturated heterocycles. The van der Waals surface area contributed by atoms with Crippen molar-refractivity contribution in [3.63, 3.8) is 0 Å². The van der Waals surface area contributed by atoms with Crippen LogP contribution in [0.1, 0.15) is 55.8 Å². The number of aryl methyl sites for hydroxylation is 2. The van der Waals surface area contributed by atoms with Crippen LogP contribution in [0.2, 0.25) is 0 Å². The quantitative estimate of drug-likeness (QED) is 0.225. The highest BCUT2D eigenvalue weighted by atomic mass is 19.4. The molecule has 1 atom stereocenters. The minimum absolute atomic E-state index is 0.0720. The van der Waals surface area contributed by atoms with E-state index in [-0.39, 0.29) is 16.7 Å². The largest absolute Gasteiger partial charge is 0.511 e. The molecule has 0 radical (unpaired) electrons. The van der Waals surface area contributed by atoms with Gasteiger partial charge in [-0.15, -0.1) is 0 Å². The van der Waals surface area contributed by atoms with Crippen LogP contribution in [0, 0.1) is 25.2 Å². The predicted octanol–water partition coefficient (Wildman–Crippen LogP) is 5.80. The van der Waals surface area contributed by atoms with Crippen molar-refractivity contribution in [2.75, 3.05) is 6.61 Å². The Kier molecular flexibility index (Phi) is 8.03. The summed E-state index contributed by atoms with van der Waals surface area (Å²) in [6.07, 6.45) is -7.59. The molecule has 0 fully saturated rings. The SMILES string of the molecule is Cc1nn(C)c(/C(OC(C)OC(=O)OCC(F)(F)F)=C(\C#N)c2ccc(C(C)(C)C)cc2)c1C. The van der Waals surface area contributed by atoms with Crippen LogP contribution >= 0.6 is 0 Å². The van der Waals surface area contributed by atoms with E-state index in [1.807, 2.05) is 12.1 Å². The molecule has 1 aromatic heterocycles. The van der Waals surface area contributed by atoms with Crippen LogP contribution < -0.4 is 0 Å². The van der Waals surface area contributed by atoms with Crippen LogP contribution in [-0.4, -0.2) is 35.0 Å². The standard InChI is InChI=1S/C24H28F3N3O4/c1-14-15(2)29-30(7)20(14)21(33-16(3)34-22(31)32-13-24(25,26)27)19(12-28)17-8-10-18(11-9-17)23(4,5)6/h8-11,16H,13H2,1-7H3/b21-19-. The Morgan fingerprint density at radius 1 is 1.15 bits per heavy atom. The highest BCUT2D eigenvalue weighted by Crippen LogP contribution is 2.32. The number of benzene rings is 1. The van der Waals surface area contributed by atoms with Gasteiger partial charge in [-0.2, -0.15) is 23.5 Å². The van der Waals surface area contributed by atoms with Gasteiger partial charge in [0.2, 0.25) is 6.29 Å². The molecule has 10 heteroatoms. The van der Waals surface area contributed by atoms with E-state index < -0.39 is 25.2 Å². The third kappa shape index (κ3) is 6.76. The van der Waals surface area contributed by atoms with Crippen LogP contribution in [0.5, 0.6) is 0 Å². The predicted molar refractivity (Wildman–Crippen MR) is 119 cm³/mol. The monoisotopic (exact) mass is 479 g/mol. The summed E-state index contributed by atoms with van der Waals surface area (Å²) in [4.78, 5) is 11.7. The second-order valence-corrected chi connectivity index (χ2v) is 8.78. The summed E-state index contributed by atoms with van der Waals surface area (Å²) in [5, 5.41) is 14.4. The average Bonchev–Trinajstić information content (AvgIpc) is 2.97. The van der Waals surface area contributed by atoms with Gasteiger partial charge in [0, 0.05) is 19.5 Å². The number of halogens is 3. The zero-order valence-corrected chi connectivity index (χ0v) is 20.2. The van der Waals surface area contributed by atoms with Crippen LogP contribution in [0.15, 0.2) is 24.3 Å². The first-order valence-corrected chi connectivity index (χ1v) is 10.5. The molecule has 0 N–H and O–H groups in total. The molecular formula is C24H28F3N3O4. The van der Waals surface area contributed by atoms with E-state index in [9.17, 15) is 23.2 Å². The highest BCUT2D eigenvalue weighted by Gasteiger charge is 2.31. The summed E-state index contributed by atoms with van der Waals surface area (Å²) >= 11 is 0. The zero-order valence-electron chi connectivity index (χ0n) is 20.2. The van der Waals surface area contributed by atoms with E-state index >= 15 is 0 Å². The molecule has 0 bridgehead atoms. The minimum atomic E-state index is -4.69.